The van der Waals surface area contributed by atoms with E-state index in [-0.39, 0.29) is 5.79 Å². The van der Waals surface area contributed by atoms with Crippen LogP contribution in [0.15, 0.2) is 12.2 Å². The van der Waals surface area contributed by atoms with E-state index < -0.39 is 0 Å². The van der Waals surface area contributed by atoms with Crippen LogP contribution >= 0.6 is 0 Å². The van der Waals surface area contributed by atoms with E-state index in [0.717, 1.165) is 19.6 Å². The Hall–Kier alpha value is -0.420. The van der Waals surface area contributed by atoms with Crippen molar-refractivity contribution in [3.05, 3.63) is 12.2 Å². The Bertz CT molecular complexity index is 170. The first-order valence-electron chi connectivity index (χ1n) is 4.44. The van der Waals surface area contributed by atoms with Crippen molar-refractivity contribution in [3.8, 4) is 0 Å². The maximum Gasteiger partial charge on any atom is 0.193 e. The van der Waals surface area contributed by atoms with Crippen molar-refractivity contribution in [1.82, 2.24) is 4.90 Å². The molecular weight excluding hydrogens is 168 g/mol. The van der Waals surface area contributed by atoms with E-state index in [0.29, 0.717) is 6.54 Å². The smallest absolute Gasteiger partial charge is 0.193 e. The molecule has 0 saturated carbocycles. The molecule has 0 radical (unpaired) electrons. The molecule has 0 spiro atoms. The maximum absolute atomic E-state index is 5.33. The van der Waals surface area contributed by atoms with Gasteiger partial charge < -0.3 is 15.2 Å². The summed E-state index contributed by atoms with van der Waals surface area (Å²) in [7, 11) is 3.35. The molecule has 2 N–H and O–H groups in total. The highest BCUT2D eigenvalue weighted by Crippen LogP contribution is 2.24. The summed E-state index contributed by atoms with van der Waals surface area (Å²) in [5.74, 6) is -0.365. The molecule has 0 aliphatic carbocycles. The van der Waals surface area contributed by atoms with Gasteiger partial charge in [0.15, 0.2) is 5.79 Å². The molecule has 0 aromatic carbocycles. The molecule has 0 aromatic rings. The second-order valence-corrected chi connectivity index (χ2v) is 3.20. The molecule has 1 aliphatic heterocycles. The van der Waals surface area contributed by atoms with Crippen LogP contribution in [0.2, 0.25) is 0 Å². The fraction of sp³-hybridized carbons (Fsp3) is 0.778. The Balaban J connectivity index is 2.20. The second kappa shape index (κ2) is 4.72. The van der Waals surface area contributed by atoms with Crippen LogP contribution in [-0.2, 0) is 9.47 Å². The minimum Gasteiger partial charge on any atom is -0.351 e. The minimum atomic E-state index is -0.365. The molecule has 0 bridgehead atoms. The summed E-state index contributed by atoms with van der Waals surface area (Å²) in [5.41, 5.74) is 5.33. The highest BCUT2D eigenvalue weighted by molar-refractivity contribution is 4.94. The lowest BCUT2D eigenvalue weighted by Gasteiger charge is -2.47. The molecule has 1 heterocycles. The average molecular weight is 186 g/mol. The van der Waals surface area contributed by atoms with Gasteiger partial charge in [-0.3, -0.25) is 4.90 Å². The number of nitrogens with zero attached hydrogens (tertiary/aromatic N) is 1. The number of rotatable bonds is 5. The Morgan fingerprint density at radius 1 is 1.31 bits per heavy atom. The largest absolute Gasteiger partial charge is 0.351 e. The van der Waals surface area contributed by atoms with E-state index >= 15 is 0 Å². The Morgan fingerprint density at radius 3 is 2.38 bits per heavy atom. The van der Waals surface area contributed by atoms with Gasteiger partial charge in [-0.05, 0) is 0 Å². The lowest BCUT2D eigenvalue weighted by molar-refractivity contribution is -0.273. The zero-order chi connectivity index (χ0) is 9.73. The van der Waals surface area contributed by atoms with Crippen LogP contribution in [0.25, 0.3) is 0 Å². The highest BCUT2D eigenvalue weighted by Gasteiger charge is 2.42. The lowest BCUT2D eigenvalue weighted by Crippen LogP contribution is -2.63. The molecule has 0 aromatic heterocycles. The molecular formula is C9H18N2O2. The zero-order valence-corrected chi connectivity index (χ0v) is 8.32. The molecule has 1 rings (SSSR count). The molecule has 1 saturated heterocycles. The molecule has 0 amide bonds. The van der Waals surface area contributed by atoms with Crippen molar-refractivity contribution < 1.29 is 9.47 Å². The van der Waals surface area contributed by atoms with Gasteiger partial charge in [-0.25, -0.2) is 0 Å². The first kappa shape index (κ1) is 10.7. The predicted octanol–water partition coefficient (Wildman–Crippen LogP) is -0.194. The van der Waals surface area contributed by atoms with Gasteiger partial charge in [0.05, 0.1) is 13.1 Å². The van der Waals surface area contributed by atoms with Crippen molar-refractivity contribution in [2.24, 2.45) is 5.73 Å². The summed E-state index contributed by atoms with van der Waals surface area (Å²) in [5, 5.41) is 0. The van der Waals surface area contributed by atoms with Crippen LogP contribution in [0.1, 0.15) is 0 Å². The van der Waals surface area contributed by atoms with Gasteiger partial charge >= 0.3 is 0 Å². The van der Waals surface area contributed by atoms with Crippen molar-refractivity contribution in [3.63, 3.8) is 0 Å². The van der Waals surface area contributed by atoms with E-state index in [4.69, 9.17) is 15.2 Å². The second-order valence-electron chi connectivity index (χ2n) is 3.20. The van der Waals surface area contributed by atoms with Crippen molar-refractivity contribution in [1.29, 1.82) is 0 Å². The van der Waals surface area contributed by atoms with Gasteiger partial charge in [0, 0.05) is 27.3 Å². The van der Waals surface area contributed by atoms with Gasteiger partial charge in [-0.2, -0.15) is 0 Å². The third-order valence-electron chi connectivity index (χ3n) is 2.34. The molecule has 13 heavy (non-hydrogen) atoms. The van der Waals surface area contributed by atoms with Gasteiger partial charge in [-0.1, -0.05) is 12.2 Å². The molecule has 76 valence electrons. The van der Waals surface area contributed by atoms with E-state index in [1.165, 1.54) is 0 Å². The van der Waals surface area contributed by atoms with E-state index in [1.807, 2.05) is 6.08 Å². The Labute approximate surface area is 79.3 Å². The predicted molar refractivity (Wildman–Crippen MR) is 51.4 cm³/mol. The molecule has 1 aliphatic rings. The topological polar surface area (TPSA) is 47.7 Å². The average Bonchev–Trinajstić information content (AvgIpc) is 2.10. The molecule has 1 fully saturated rings. The van der Waals surface area contributed by atoms with Gasteiger partial charge in [0.25, 0.3) is 0 Å². The lowest BCUT2D eigenvalue weighted by atomic mass is 10.1. The molecule has 0 atom stereocenters. The van der Waals surface area contributed by atoms with E-state index in [9.17, 15) is 0 Å². The fourth-order valence-electron chi connectivity index (χ4n) is 1.43. The number of methoxy groups -OCH3 is 2. The van der Waals surface area contributed by atoms with Crippen LogP contribution in [-0.4, -0.2) is 51.1 Å². The van der Waals surface area contributed by atoms with Crippen molar-refractivity contribution >= 4 is 0 Å². The van der Waals surface area contributed by atoms with Gasteiger partial charge in [-0.15, -0.1) is 0 Å². The van der Waals surface area contributed by atoms with Crippen LogP contribution < -0.4 is 5.73 Å². The van der Waals surface area contributed by atoms with Crippen molar-refractivity contribution in [2.75, 3.05) is 40.4 Å². The fourth-order valence-corrected chi connectivity index (χ4v) is 1.43. The van der Waals surface area contributed by atoms with Gasteiger partial charge in [0.2, 0.25) is 0 Å². The summed E-state index contributed by atoms with van der Waals surface area (Å²) in [6, 6.07) is 0. The maximum atomic E-state index is 5.33. The summed E-state index contributed by atoms with van der Waals surface area (Å²) in [6.45, 7) is 3.18. The van der Waals surface area contributed by atoms with Crippen LogP contribution in [0.4, 0.5) is 0 Å². The van der Waals surface area contributed by atoms with Crippen LogP contribution in [0, 0.1) is 0 Å². The summed E-state index contributed by atoms with van der Waals surface area (Å²) >= 11 is 0. The Kier molecular flexibility index (Phi) is 3.87. The number of ether oxygens (including phenoxy) is 2. The quantitative estimate of drug-likeness (QED) is 0.477. The zero-order valence-electron chi connectivity index (χ0n) is 8.32. The monoisotopic (exact) mass is 186 g/mol. The van der Waals surface area contributed by atoms with Crippen LogP contribution in [0.5, 0.6) is 0 Å². The number of likely N-dealkylation sites (tertiary alicyclic amines) is 1. The summed E-state index contributed by atoms with van der Waals surface area (Å²) in [6.07, 6.45) is 4.02. The molecule has 0 unspecified atom stereocenters. The first-order chi connectivity index (χ1) is 6.26. The Morgan fingerprint density at radius 2 is 1.92 bits per heavy atom. The van der Waals surface area contributed by atoms with Crippen molar-refractivity contribution in [2.45, 2.75) is 5.79 Å². The molecule has 4 nitrogen and oxygen atoms in total. The molecule has 4 heteroatoms. The van der Waals surface area contributed by atoms with Crippen LogP contribution in [0.3, 0.4) is 0 Å². The van der Waals surface area contributed by atoms with E-state index in [1.54, 1.807) is 14.2 Å². The summed E-state index contributed by atoms with van der Waals surface area (Å²) < 4.78 is 10.5. The van der Waals surface area contributed by atoms with E-state index in [2.05, 4.69) is 11.0 Å². The number of hydrogen-bond acceptors (Lipinski definition) is 4. The highest BCUT2D eigenvalue weighted by atomic mass is 16.7. The number of hydrogen-bond donors (Lipinski definition) is 1. The minimum absolute atomic E-state index is 0.365. The number of nitrogens with two attached hydrogens (primary N) is 1. The SMILES string of the molecule is COC1(OC)CN(C/C=C/CN)C1. The normalized spacial score (nSPS) is 22.1. The van der Waals surface area contributed by atoms with Gasteiger partial charge in [0.1, 0.15) is 0 Å². The third kappa shape index (κ3) is 2.51. The standard InChI is InChI=1S/C9H18N2O2/c1-12-9(13-2)7-11(8-9)6-4-3-5-10/h3-4H,5-8,10H2,1-2H3/b4-3+. The first-order valence-corrected chi connectivity index (χ1v) is 4.44. The summed E-state index contributed by atoms with van der Waals surface area (Å²) in [4.78, 5) is 2.24. The third-order valence-corrected chi connectivity index (χ3v) is 2.34.